The Morgan fingerprint density at radius 3 is 1.39 bits per heavy atom. The summed E-state index contributed by atoms with van der Waals surface area (Å²) in [6, 6.07) is 92.2. The molecule has 3 nitrogen and oxygen atoms in total. The molecule has 0 unspecified atom stereocenters. The van der Waals surface area contributed by atoms with Crippen LogP contribution in [0.15, 0.2) is 249 Å². The Morgan fingerprint density at radius 1 is 0.347 bits per heavy atom. The van der Waals surface area contributed by atoms with Crippen molar-refractivity contribution < 1.29 is 0 Å². The lowest BCUT2D eigenvalue weighted by atomic mass is 9.70. The van der Waals surface area contributed by atoms with Gasteiger partial charge in [0.15, 0.2) is 0 Å². The maximum Gasteiger partial charge on any atom is 0.101 e. The van der Waals surface area contributed by atoms with Crippen molar-refractivity contribution in [3.63, 3.8) is 0 Å². The molecule has 2 heterocycles. The van der Waals surface area contributed by atoms with Crippen LogP contribution in [0.2, 0.25) is 0 Å². The van der Waals surface area contributed by atoms with Gasteiger partial charge in [0.25, 0.3) is 0 Å². The zero-order valence-electron chi connectivity index (χ0n) is 40.0. The first-order valence-electron chi connectivity index (χ1n) is 25.1. The van der Waals surface area contributed by atoms with Gasteiger partial charge in [-0.25, -0.2) is 4.52 Å². The fraction of sp³-hybridized carbons (Fsp3) is 0.0580. The summed E-state index contributed by atoms with van der Waals surface area (Å²) in [6.07, 6.45) is 0. The number of benzene rings is 10. The fourth-order valence-corrected chi connectivity index (χ4v) is 13.3. The van der Waals surface area contributed by atoms with Crippen molar-refractivity contribution in [1.29, 1.82) is 0 Å². The van der Waals surface area contributed by atoms with Crippen molar-refractivity contribution in [3.05, 3.63) is 282 Å². The zero-order valence-corrected chi connectivity index (χ0v) is 40.0. The van der Waals surface area contributed by atoms with Crippen LogP contribution in [0.1, 0.15) is 47.2 Å². The average molecular weight is 918 g/mol. The number of rotatable bonds is 6. The van der Waals surface area contributed by atoms with Crippen molar-refractivity contribution in [1.82, 2.24) is 9.61 Å². The minimum Gasteiger partial charge on any atom is -0.306 e. The van der Waals surface area contributed by atoms with E-state index in [-0.39, 0.29) is 5.41 Å². The topological polar surface area (TPSA) is 20.5 Å². The molecule has 0 saturated heterocycles. The highest BCUT2D eigenvalue weighted by Gasteiger charge is 2.53. The number of nitrogens with zero attached hydrogens (tertiary/aromatic N) is 3. The molecule has 0 atom stereocenters. The van der Waals surface area contributed by atoms with Crippen molar-refractivity contribution in [3.8, 4) is 67.0 Å². The number of aromatic nitrogens is 2. The molecule has 3 aliphatic rings. The van der Waals surface area contributed by atoms with E-state index in [0.717, 1.165) is 67.0 Å². The molecule has 3 aliphatic carbocycles. The number of hydrogen-bond donors (Lipinski definition) is 0. The lowest BCUT2D eigenvalue weighted by Gasteiger charge is -2.34. The highest BCUT2D eigenvalue weighted by Crippen LogP contribution is 2.66. The van der Waals surface area contributed by atoms with Gasteiger partial charge in [0.05, 0.1) is 33.7 Å². The molecule has 72 heavy (non-hydrogen) atoms. The van der Waals surface area contributed by atoms with E-state index in [1.807, 2.05) is 0 Å². The van der Waals surface area contributed by atoms with Crippen LogP contribution in [0.5, 0.6) is 0 Å². The molecule has 1 spiro atoms. The second-order valence-corrected chi connectivity index (χ2v) is 20.1. The van der Waals surface area contributed by atoms with E-state index in [4.69, 9.17) is 5.10 Å². The van der Waals surface area contributed by atoms with Crippen LogP contribution in [-0.4, -0.2) is 9.61 Å². The monoisotopic (exact) mass is 917 g/mol. The zero-order chi connectivity index (χ0) is 47.7. The van der Waals surface area contributed by atoms with Gasteiger partial charge in [-0.3, -0.25) is 0 Å². The quantitative estimate of drug-likeness (QED) is 0.166. The Balaban J connectivity index is 1.15. The van der Waals surface area contributed by atoms with Gasteiger partial charge >= 0.3 is 0 Å². The Bertz CT molecular complexity index is 4140. The molecular formula is C69H47N3. The molecular weight excluding hydrogens is 871 g/mol. The Morgan fingerprint density at radius 2 is 0.778 bits per heavy atom. The van der Waals surface area contributed by atoms with Crippen molar-refractivity contribution in [2.24, 2.45) is 0 Å². The van der Waals surface area contributed by atoms with Crippen molar-refractivity contribution >= 4 is 33.4 Å². The lowest BCUT2D eigenvalue weighted by molar-refractivity contribution is 0.660. The fourth-order valence-electron chi connectivity index (χ4n) is 13.3. The molecule has 0 amide bonds. The number of hydrogen-bond acceptors (Lipinski definition) is 2. The molecule has 2 aromatic heterocycles. The van der Waals surface area contributed by atoms with E-state index in [1.54, 1.807) is 0 Å². The lowest BCUT2D eigenvalue weighted by Crippen LogP contribution is -2.26. The third kappa shape index (κ3) is 5.37. The SMILES string of the molecule is CC1(C)c2ccccc2-c2c(N(c3cccc4c3-c3ccccc3C43c4ccccc4-c4ccccc43)c3c(-c4ccccc4)n4nc(-c5ccccc5)c(-c5ccccc5)c4c4ccccc34)cccc21. The van der Waals surface area contributed by atoms with E-state index in [1.165, 1.54) is 66.8 Å². The summed E-state index contributed by atoms with van der Waals surface area (Å²) in [6.45, 7) is 4.77. The van der Waals surface area contributed by atoms with Gasteiger partial charge < -0.3 is 4.90 Å². The first-order chi connectivity index (χ1) is 35.5. The number of fused-ring (bicyclic) bond motifs is 16. The van der Waals surface area contributed by atoms with E-state index >= 15 is 0 Å². The number of anilines is 3. The summed E-state index contributed by atoms with van der Waals surface area (Å²) >= 11 is 0. The molecule has 0 N–H and O–H groups in total. The van der Waals surface area contributed by atoms with E-state index in [2.05, 4.69) is 272 Å². The second-order valence-electron chi connectivity index (χ2n) is 20.1. The van der Waals surface area contributed by atoms with Crippen LogP contribution in [0.4, 0.5) is 17.1 Å². The van der Waals surface area contributed by atoms with Gasteiger partial charge in [-0.05, 0) is 73.3 Å². The Hall–Kier alpha value is -9.05. The summed E-state index contributed by atoms with van der Waals surface area (Å²) < 4.78 is 2.29. The van der Waals surface area contributed by atoms with Crippen LogP contribution < -0.4 is 4.90 Å². The highest BCUT2D eigenvalue weighted by molar-refractivity contribution is 6.17. The van der Waals surface area contributed by atoms with Crippen LogP contribution in [0.25, 0.3) is 83.3 Å². The van der Waals surface area contributed by atoms with Gasteiger partial charge in [-0.1, -0.05) is 250 Å². The largest absolute Gasteiger partial charge is 0.306 e. The van der Waals surface area contributed by atoms with Crippen LogP contribution in [-0.2, 0) is 10.8 Å². The maximum absolute atomic E-state index is 5.85. The smallest absolute Gasteiger partial charge is 0.101 e. The average Bonchev–Trinajstić information content (AvgIpc) is 4.15. The van der Waals surface area contributed by atoms with Gasteiger partial charge in [0, 0.05) is 44.0 Å². The summed E-state index contributed by atoms with van der Waals surface area (Å²) in [5.74, 6) is 0. The molecule has 338 valence electrons. The maximum atomic E-state index is 5.85. The molecule has 15 rings (SSSR count). The highest BCUT2D eigenvalue weighted by atomic mass is 15.3. The van der Waals surface area contributed by atoms with Crippen molar-refractivity contribution in [2.75, 3.05) is 4.90 Å². The molecule has 0 radical (unpaired) electrons. The Kier molecular flexibility index (Phi) is 8.63. The van der Waals surface area contributed by atoms with Gasteiger partial charge in [-0.2, -0.15) is 5.10 Å². The third-order valence-corrected chi connectivity index (χ3v) is 16.2. The molecule has 10 aromatic carbocycles. The first kappa shape index (κ1) is 40.8. The van der Waals surface area contributed by atoms with Crippen LogP contribution >= 0.6 is 0 Å². The van der Waals surface area contributed by atoms with E-state index in [0.29, 0.717) is 0 Å². The summed E-state index contributed by atoms with van der Waals surface area (Å²) in [4.78, 5) is 2.65. The van der Waals surface area contributed by atoms with E-state index in [9.17, 15) is 0 Å². The standard InChI is InChI=1S/C69H47N3/c1-68(2)53-36-18-16-34-51(53)62-57(68)40-22-42-59(62)71(60-43-23-41-58-63(60)52-35-17-21-39-56(52)69(58)54-37-19-14-30-47(54)48-31-15-20-38-55(48)69)67-50-33-13-12-32-49(50)66-61(44-24-6-3-7-25-44)64(45-26-8-4-9-27-45)70-72(66)65(67)46-28-10-5-11-29-46/h3-43H,1-2H3. The molecule has 0 saturated carbocycles. The van der Waals surface area contributed by atoms with Gasteiger partial charge in [0.2, 0.25) is 0 Å². The minimum atomic E-state index is -0.528. The third-order valence-electron chi connectivity index (χ3n) is 16.2. The normalized spacial score (nSPS) is 13.9. The second kappa shape index (κ2) is 15.2. The van der Waals surface area contributed by atoms with Crippen LogP contribution in [0, 0.1) is 0 Å². The Labute approximate surface area is 419 Å². The summed E-state index contributed by atoms with van der Waals surface area (Å²) in [5.41, 5.74) is 25.5. The predicted octanol–water partition coefficient (Wildman–Crippen LogP) is 17.6. The molecule has 0 aliphatic heterocycles. The minimum absolute atomic E-state index is 0.231. The molecule has 12 aromatic rings. The van der Waals surface area contributed by atoms with Gasteiger partial charge in [0.1, 0.15) is 5.69 Å². The molecule has 0 bridgehead atoms. The first-order valence-corrected chi connectivity index (χ1v) is 25.1. The summed E-state index contributed by atoms with van der Waals surface area (Å²) in [5, 5.41) is 8.12. The molecule has 3 heteroatoms. The van der Waals surface area contributed by atoms with E-state index < -0.39 is 5.41 Å². The molecule has 0 fully saturated rings. The van der Waals surface area contributed by atoms with Crippen molar-refractivity contribution in [2.45, 2.75) is 24.7 Å². The van der Waals surface area contributed by atoms with Crippen LogP contribution in [0.3, 0.4) is 0 Å². The number of pyridine rings is 1. The summed E-state index contributed by atoms with van der Waals surface area (Å²) in [7, 11) is 0. The van der Waals surface area contributed by atoms with Gasteiger partial charge in [-0.15, -0.1) is 0 Å². The predicted molar refractivity (Wildman–Crippen MR) is 298 cm³/mol.